The Labute approximate surface area is 217 Å². The van der Waals surface area contributed by atoms with Crippen molar-refractivity contribution in [1.82, 2.24) is 25.1 Å². The lowest BCUT2D eigenvalue weighted by atomic mass is 9.79. The van der Waals surface area contributed by atoms with Gasteiger partial charge in [0.05, 0.1) is 0 Å². The number of carbonyl (C=O) groups excluding carboxylic acids is 2. The van der Waals surface area contributed by atoms with Crippen molar-refractivity contribution >= 4 is 35.3 Å². The molecule has 2 amide bonds. The molecule has 1 aromatic carbocycles. The lowest BCUT2D eigenvalue weighted by Crippen LogP contribution is -2.51. The Bertz CT molecular complexity index is 1130. The van der Waals surface area contributed by atoms with Crippen LogP contribution in [0, 0.1) is 11.7 Å². The fourth-order valence-corrected chi connectivity index (χ4v) is 3.78. The number of nitrogens with zero attached hydrogens (tertiary/aromatic N) is 4. The highest BCUT2D eigenvalue weighted by molar-refractivity contribution is 5.92. The van der Waals surface area contributed by atoms with Crippen molar-refractivity contribution in [3.63, 3.8) is 0 Å². The molecule has 0 spiro atoms. The Morgan fingerprint density at radius 1 is 1.19 bits per heavy atom. The van der Waals surface area contributed by atoms with E-state index in [0.29, 0.717) is 29.9 Å². The topological polar surface area (TPSA) is 102 Å². The van der Waals surface area contributed by atoms with E-state index >= 15 is 0 Å². The van der Waals surface area contributed by atoms with Crippen LogP contribution < -0.4 is 16.0 Å². The maximum absolute atomic E-state index is 13.1. The van der Waals surface area contributed by atoms with Crippen molar-refractivity contribution in [3.05, 3.63) is 60.1 Å². The van der Waals surface area contributed by atoms with Crippen LogP contribution in [0.1, 0.15) is 25.3 Å². The normalized spacial score (nSPS) is 18.0. The number of amides is 2. The first kappa shape index (κ1) is 27.8. The molecular formula is C27H36FN7O2. The Morgan fingerprint density at radius 3 is 2.54 bits per heavy atom. The lowest BCUT2D eigenvalue weighted by molar-refractivity contribution is -0.135. The molecule has 10 heteroatoms. The van der Waals surface area contributed by atoms with E-state index in [-0.39, 0.29) is 23.7 Å². The predicted octanol–water partition coefficient (Wildman–Crippen LogP) is 3.27. The molecule has 1 atom stereocenters. The fourth-order valence-electron chi connectivity index (χ4n) is 3.78. The third kappa shape index (κ3) is 8.11. The van der Waals surface area contributed by atoms with Crippen molar-refractivity contribution in [2.75, 3.05) is 45.4 Å². The van der Waals surface area contributed by atoms with Gasteiger partial charge in [0.2, 0.25) is 17.8 Å². The van der Waals surface area contributed by atoms with E-state index in [2.05, 4.69) is 32.0 Å². The molecule has 1 fully saturated rings. The Morgan fingerprint density at radius 2 is 1.89 bits per heavy atom. The van der Waals surface area contributed by atoms with E-state index in [4.69, 9.17) is 0 Å². The van der Waals surface area contributed by atoms with Crippen LogP contribution in [0.2, 0.25) is 0 Å². The summed E-state index contributed by atoms with van der Waals surface area (Å²) >= 11 is 0. The quantitative estimate of drug-likeness (QED) is 0.400. The molecule has 0 saturated heterocycles. The fraction of sp³-hybridized carbons (Fsp3) is 0.407. The van der Waals surface area contributed by atoms with Crippen LogP contribution >= 0.6 is 0 Å². The molecule has 1 aliphatic rings. The van der Waals surface area contributed by atoms with Crippen molar-refractivity contribution in [2.45, 2.75) is 31.8 Å². The van der Waals surface area contributed by atoms with E-state index in [1.165, 1.54) is 23.1 Å². The largest absolute Gasteiger partial charge is 0.372 e. The number of anilines is 3. The molecule has 3 rings (SSSR count). The number of allylic oxidation sites excluding steroid dienone is 1. The number of nitrogens with one attached hydrogen (secondary N) is 3. The van der Waals surface area contributed by atoms with Crippen LogP contribution in [-0.2, 0) is 9.59 Å². The molecule has 198 valence electrons. The summed E-state index contributed by atoms with van der Waals surface area (Å²) in [6.07, 6.45) is 10.7. The number of rotatable bonds is 11. The van der Waals surface area contributed by atoms with Gasteiger partial charge in [-0.25, -0.2) is 9.37 Å². The van der Waals surface area contributed by atoms with E-state index in [9.17, 15) is 14.0 Å². The Balaban J connectivity index is 1.47. The molecule has 1 aliphatic carbocycles. The van der Waals surface area contributed by atoms with E-state index in [1.807, 2.05) is 25.1 Å². The van der Waals surface area contributed by atoms with E-state index in [1.54, 1.807) is 45.4 Å². The average Bonchev–Trinajstić information content (AvgIpc) is 2.85. The minimum atomic E-state index is -0.552. The summed E-state index contributed by atoms with van der Waals surface area (Å²) in [4.78, 5) is 37.2. The summed E-state index contributed by atoms with van der Waals surface area (Å²) in [7, 11) is 7.28. The highest BCUT2D eigenvalue weighted by Crippen LogP contribution is 2.30. The maximum atomic E-state index is 13.1. The monoisotopic (exact) mass is 509 g/mol. The van der Waals surface area contributed by atoms with Crippen LogP contribution in [-0.4, -0.2) is 78.4 Å². The van der Waals surface area contributed by atoms with E-state index in [0.717, 1.165) is 18.4 Å². The number of halogens is 1. The minimum absolute atomic E-state index is 0.0830. The van der Waals surface area contributed by atoms with Crippen LogP contribution in [0.5, 0.6) is 0 Å². The summed E-state index contributed by atoms with van der Waals surface area (Å²) in [5.74, 6) is 0.753. The van der Waals surface area contributed by atoms with Gasteiger partial charge in [0.1, 0.15) is 17.7 Å². The lowest BCUT2D eigenvalue weighted by Gasteiger charge is -2.35. The first-order valence-electron chi connectivity index (χ1n) is 12.3. The summed E-state index contributed by atoms with van der Waals surface area (Å²) in [5.41, 5.74) is 1.54. The third-order valence-corrected chi connectivity index (χ3v) is 6.26. The zero-order valence-electron chi connectivity index (χ0n) is 22.0. The summed E-state index contributed by atoms with van der Waals surface area (Å²) in [5, 5.41) is 9.18. The highest BCUT2D eigenvalue weighted by Gasteiger charge is 2.31. The molecule has 2 aromatic rings. The smallest absolute Gasteiger partial charge is 0.246 e. The van der Waals surface area contributed by atoms with Crippen LogP contribution in [0.25, 0.3) is 6.08 Å². The SMILES string of the molecule is CNc1nc(Nc2ccc(F)cc2)ncc1/C=C\[C@H]1C[C@@H](NC(=O)[C@H](C)N(C)C(=O)/C=C/CN(C)C)C1. The van der Waals surface area contributed by atoms with E-state index < -0.39 is 6.04 Å². The molecule has 3 N–H and O–H groups in total. The second kappa shape index (κ2) is 13.0. The van der Waals surface area contributed by atoms with Gasteiger partial charge in [-0.15, -0.1) is 0 Å². The Kier molecular flexibility index (Phi) is 9.73. The van der Waals surface area contributed by atoms with Gasteiger partial charge in [-0.2, -0.15) is 4.98 Å². The minimum Gasteiger partial charge on any atom is -0.372 e. The number of aromatic nitrogens is 2. The zero-order chi connectivity index (χ0) is 26.9. The van der Waals surface area contributed by atoms with Gasteiger partial charge in [-0.3, -0.25) is 9.59 Å². The standard InChI is InChI=1S/C27H36FN7O2/c1-18(35(5)24(36)7-6-14-34(3)4)26(37)31-23-15-19(16-23)8-9-20-17-30-27(33-25(20)29-2)32-22-12-10-21(28)11-13-22/h6-13,17-19,23H,14-16H2,1-5H3,(H,31,37)(H2,29,30,32,33)/b7-6+,9-8-/t18-,19-,23+/m0/s1. The van der Waals surface area contributed by atoms with Gasteiger partial charge in [0, 0.05) is 50.2 Å². The number of likely N-dealkylation sites (N-methyl/N-ethyl adjacent to an activating group) is 2. The molecule has 0 bridgehead atoms. The molecule has 0 radical (unpaired) electrons. The van der Waals surface area contributed by atoms with Gasteiger partial charge in [0.15, 0.2) is 0 Å². The third-order valence-electron chi connectivity index (χ3n) is 6.26. The molecule has 1 aromatic heterocycles. The zero-order valence-corrected chi connectivity index (χ0v) is 22.0. The molecule has 9 nitrogen and oxygen atoms in total. The van der Waals surface area contributed by atoms with Gasteiger partial charge >= 0.3 is 0 Å². The summed E-state index contributed by atoms with van der Waals surface area (Å²) in [6, 6.07) is 5.52. The van der Waals surface area contributed by atoms with Gasteiger partial charge in [-0.05, 0) is 64.0 Å². The maximum Gasteiger partial charge on any atom is 0.246 e. The van der Waals surface area contributed by atoms with Crippen molar-refractivity contribution < 1.29 is 14.0 Å². The predicted molar refractivity (Wildman–Crippen MR) is 145 cm³/mol. The Hall–Kier alpha value is -3.79. The second-order valence-corrected chi connectivity index (χ2v) is 9.47. The number of benzene rings is 1. The summed E-state index contributed by atoms with van der Waals surface area (Å²) < 4.78 is 13.1. The number of carbonyl (C=O) groups is 2. The first-order chi connectivity index (χ1) is 17.7. The van der Waals surface area contributed by atoms with Crippen molar-refractivity contribution in [3.8, 4) is 0 Å². The molecule has 0 aliphatic heterocycles. The molecule has 0 unspecified atom stereocenters. The molecular weight excluding hydrogens is 473 g/mol. The van der Waals surface area contributed by atoms with Gasteiger partial charge < -0.3 is 25.8 Å². The number of hydrogen-bond acceptors (Lipinski definition) is 7. The number of hydrogen-bond donors (Lipinski definition) is 3. The van der Waals surface area contributed by atoms with Crippen LogP contribution in [0.3, 0.4) is 0 Å². The molecule has 1 heterocycles. The van der Waals surface area contributed by atoms with Gasteiger partial charge in [0.25, 0.3) is 0 Å². The van der Waals surface area contributed by atoms with Crippen molar-refractivity contribution in [2.24, 2.45) is 5.92 Å². The average molecular weight is 510 g/mol. The molecule has 37 heavy (non-hydrogen) atoms. The van der Waals surface area contributed by atoms with Crippen molar-refractivity contribution in [1.29, 1.82) is 0 Å². The first-order valence-corrected chi connectivity index (χ1v) is 12.3. The van der Waals surface area contributed by atoms with Crippen LogP contribution in [0.15, 0.2) is 48.7 Å². The summed E-state index contributed by atoms with van der Waals surface area (Å²) in [6.45, 7) is 2.40. The second-order valence-electron chi connectivity index (χ2n) is 9.47. The highest BCUT2D eigenvalue weighted by atomic mass is 19.1. The van der Waals surface area contributed by atoms with Gasteiger partial charge in [-0.1, -0.05) is 18.2 Å². The molecule has 1 saturated carbocycles. The van der Waals surface area contributed by atoms with Crippen LogP contribution in [0.4, 0.5) is 21.8 Å².